The van der Waals surface area contributed by atoms with Gasteiger partial charge in [0.15, 0.2) is 6.10 Å². The van der Waals surface area contributed by atoms with Crippen molar-refractivity contribution < 1.29 is 9.53 Å². The molecular weight excluding hydrogens is 396 g/mol. The second-order valence-electron chi connectivity index (χ2n) is 10.3. The van der Waals surface area contributed by atoms with Gasteiger partial charge < -0.3 is 15.0 Å². The monoisotopic (exact) mass is 436 g/mol. The maximum Gasteiger partial charge on any atom is 0.261 e. The Balaban J connectivity index is 1.57. The van der Waals surface area contributed by atoms with Gasteiger partial charge in [0.2, 0.25) is 0 Å². The van der Waals surface area contributed by atoms with Gasteiger partial charge in [-0.25, -0.2) is 0 Å². The molecule has 1 fully saturated rings. The van der Waals surface area contributed by atoms with Crippen LogP contribution in [0, 0.1) is 5.92 Å². The second-order valence-corrected chi connectivity index (χ2v) is 10.3. The number of piperidine rings is 1. The third-order valence-corrected chi connectivity index (χ3v) is 6.56. The van der Waals surface area contributed by atoms with E-state index in [0.717, 1.165) is 30.3 Å². The molecule has 1 saturated heterocycles. The molecule has 4 nitrogen and oxygen atoms in total. The van der Waals surface area contributed by atoms with Crippen molar-refractivity contribution in [2.75, 3.05) is 18.0 Å². The van der Waals surface area contributed by atoms with Crippen molar-refractivity contribution in [3.8, 4) is 5.75 Å². The Hall–Kier alpha value is -2.49. The van der Waals surface area contributed by atoms with Crippen molar-refractivity contribution >= 4 is 11.6 Å². The predicted molar refractivity (Wildman–Crippen MR) is 133 cm³/mol. The number of anilines is 1. The van der Waals surface area contributed by atoms with E-state index in [1.807, 2.05) is 26.0 Å². The molecular formula is C28H40N2O2. The number of ether oxygens (including phenoxy) is 1. The maximum atomic E-state index is 12.9. The van der Waals surface area contributed by atoms with Crippen LogP contribution in [0.3, 0.4) is 0 Å². The number of carbonyl (C=O) groups is 1. The molecule has 0 spiro atoms. The van der Waals surface area contributed by atoms with Crippen LogP contribution >= 0.6 is 0 Å². The van der Waals surface area contributed by atoms with Gasteiger partial charge in [0, 0.05) is 18.8 Å². The molecule has 0 aliphatic carbocycles. The highest BCUT2D eigenvalue weighted by Crippen LogP contribution is 2.26. The van der Waals surface area contributed by atoms with E-state index in [4.69, 9.17) is 4.74 Å². The summed E-state index contributed by atoms with van der Waals surface area (Å²) in [5.41, 5.74) is 3.72. The lowest BCUT2D eigenvalue weighted by molar-refractivity contribution is -0.128. The zero-order chi connectivity index (χ0) is 23.3. The van der Waals surface area contributed by atoms with Crippen LogP contribution in [-0.4, -0.2) is 25.1 Å². The molecule has 1 heterocycles. The van der Waals surface area contributed by atoms with Crippen molar-refractivity contribution in [2.45, 2.75) is 78.4 Å². The van der Waals surface area contributed by atoms with Gasteiger partial charge in [0.1, 0.15) is 5.75 Å². The number of hydrogen-bond acceptors (Lipinski definition) is 3. The van der Waals surface area contributed by atoms with E-state index >= 15 is 0 Å². The first kappa shape index (κ1) is 24.2. The Morgan fingerprint density at radius 1 is 1.06 bits per heavy atom. The number of amides is 1. The molecule has 2 atom stereocenters. The number of nitrogens with zero attached hydrogens (tertiary/aromatic N) is 1. The SMILES string of the molecule is CC[C@H](Oc1ccc(C(C)(C)C)cc1)C(=O)N[C@H](C)c1ccc(N2CCC(C)CC2)cc1. The summed E-state index contributed by atoms with van der Waals surface area (Å²) in [5.74, 6) is 1.48. The van der Waals surface area contributed by atoms with Gasteiger partial charge in [-0.15, -0.1) is 0 Å². The molecule has 174 valence electrons. The van der Waals surface area contributed by atoms with E-state index < -0.39 is 6.10 Å². The standard InChI is InChI=1S/C28H40N2O2/c1-7-26(32-25-14-10-23(11-15-25)28(4,5)6)27(31)29-21(3)22-8-12-24(13-9-22)30-18-16-20(2)17-19-30/h8-15,20-21,26H,7,16-19H2,1-6H3,(H,29,31)/t21-,26+/m1/s1. The highest BCUT2D eigenvalue weighted by molar-refractivity contribution is 5.81. The Morgan fingerprint density at radius 3 is 2.19 bits per heavy atom. The first-order valence-corrected chi connectivity index (χ1v) is 12.1. The fraction of sp³-hybridized carbons (Fsp3) is 0.536. The topological polar surface area (TPSA) is 41.6 Å². The minimum absolute atomic E-state index is 0.0705. The van der Waals surface area contributed by atoms with Crippen LogP contribution in [0.2, 0.25) is 0 Å². The van der Waals surface area contributed by atoms with E-state index in [0.29, 0.717) is 6.42 Å². The summed E-state index contributed by atoms with van der Waals surface area (Å²) < 4.78 is 6.02. The third kappa shape index (κ3) is 6.27. The number of carbonyl (C=O) groups excluding carboxylic acids is 1. The molecule has 2 aromatic rings. The van der Waals surface area contributed by atoms with Crippen LogP contribution < -0.4 is 15.0 Å². The molecule has 1 aliphatic rings. The van der Waals surface area contributed by atoms with E-state index in [2.05, 4.69) is 74.3 Å². The molecule has 0 bridgehead atoms. The largest absolute Gasteiger partial charge is 0.481 e. The summed E-state index contributed by atoms with van der Waals surface area (Å²) in [7, 11) is 0. The van der Waals surface area contributed by atoms with E-state index in [1.165, 1.54) is 24.1 Å². The zero-order valence-corrected chi connectivity index (χ0v) is 20.7. The smallest absolute Gasteiger partial charge is 0.261 e. The molecule has 1 N–H and O–H groups in total. The molecule has 3 rings (SSSR count). The first-order valence-electron chi connectivity index (χ1n) is 12.1. The Kier molecular flexibility index (Phi) is 7.86. The predicted octanol–water partition coefficient (Wildman–Crippen LogP) is 6.26. The Labute approximate surface area is 194 Å². The van der Waals surface area contributed by atoms with Gasteiger partial charge in [0.25, 0.3) is 5.91 Å². The molecule has 4 heteroatoms. The fourth-order valence-corrected chi connectivity index (χ4v) is 4.15. The number of hydrogen-bond donors (Lipinski definition) is 1. The van der Waals surface area contributed by atoms with Gasteiger partial charge in [-0.3, -0.25) is 4.79 Å². The minimum atomic E-state index is -0.507. The summed E-state index contributed by atoms with van der Waals surface area (Å²) in [6.07, 6.45) is 2.62. The van der Waals surface area contributed by atoms with E-state index in [9.17, 15) is 4.79 Å². The van der Waals surface area contributed by atoms with Crippen molar-refractivity contribution in [1.82, 2.24) is 5.32 Å². The number of nitrogens with one attached hydrogen (secondary N) is 1. The van der Waals surface area contributed by atoms with Gasteiger partial charge in [0.05, 0.1) is 6.04 Å². The molecule has 0 aromatic heterocycles. The van der Waals surface area contributed by atoms with Gasteiger partial charge in [-0.2, -0.15) is 0 Å². The fourth-order valence-electron chi connectivity index (χ4n) is 4.15. The average Bonchev–Trinajstić information content (AvgIpc) is 2.77. The van der Waals surface area contributed by atoms with Crippen LogP contribution in [0.5, 0.6) is 5.75 Å². The maximum absolute atomic E-state index is 12.9. The lowest BCUT2D eigenvalue weighted by Gasteiger charge is -2.32. The second kappa shape index (κ2) is 10.4. The van der Waals surface area contributed by atoms with Gasteiger partial charge in [-0.1, -0.05) is 58.9 Å². The molecule has 0 unspecified atom stereocenters. The summed E-state index contributed by atoms with van der Waals surface area (Å²) in [4.78, 5) is 15.3. The summed E-state index contributed by atoms with van der Waals surface area (Å²) in [5, 5.41) is 3.13. The van der Waals surface area contributed by atoms with Crippen LogP contribution in [0.4, 0.5) is 5.69 Å². The van der Waals surface area contributed by atoms with Crippen molar-refractivity contribution in [1.29, 1.82) is 0 Å². The Morgan fingerprint density at radius 2 is 1.66 bits per heavy atom. The lowest BCUT2D eigenvalue weighted by atomic mass is 9.87. The Bertz CT molecular complexity index is 860. The minimum Gasteiger partial charge on any atom is -0.481 e. The lowest BCUT2D eigenvalue weighted by Crippen LogP contribution is -2.39. The molecule has 1 aliphatic heterocycles. The van der Waals surface area contributed by atoms with Gasteiger partial charge >= 0.3 is 0 Å². The van der Waals surface area contributed by atoms with Crippen LogP contribution in [0.25, 0.3) is 0 Å². The molecule has 1 amide bonds. The number of rotatable bonds is 7. The molecule has 2 aromatic carbocycles. The number of benzene rings is 2. The normalized spacial score (nSPS) is 17.0. The first-order chi connectivity index (χ1) is 15.2. The van der Waals surface area contributed by atoms with E-state index in [-0.39, 0.29) is 17.4 Å². The van der Waals surface area contributed by atoms with Crippen LogP contribution in [-0.2, 0) is 10.2 Å². The molecule has 0 radical (unpaired) electrons. The molecule has 32 heavy (non-hydrogen) atoms. The van der Waals surface area contributed by atoms with Crippen molar-refractivity contribution in [2.24, 2.45) is 5.92 Å². The van der Waals surface area contributed by atoms with E-state index in [1.54, 1.807) is 0 Å². The highest BCUT2D eigenvalue weighted by atomic mass is 16.5. The van der Waals surface area contributed by atoms with Crippen LogP contribution in [0.1, 0.15) is 78.0 Å². The third-order valence-electron chi connectivity index (χ3n) is 6.56. The summed E-state index contributed by atoms with van der Waals surface area (Å²) in [6, 6.07) is 16.6. The van der Waals surface area contributed by atoms with Crippen molar-refractivity contribution in [3.63, 3.8) is 0 Å². The highest BCUT2D eigenvalue weighted by Gasteiger charge is 2.22. The van der Waals surface area contributed by atoms with Crippen molar-refractivity contribution in [3.05, 3.63) is 59.7 Å². The quantitative estimate of drug-likeness (QED) is 0.557. The van der Waals surface area contributed by atoms with Gasteiger partial charge in [-0.05, 0) is 72.9 Å². The summed E-state index contributed by atoms with van der Waals surface area (Å²) >= 11 is 0. The average molecular weight is 437 g/mol. The molecule has 0 saturated carbocycles. The zero-order valence-electron chi connectivity index (χ0n) is 20.7. The van der Waals surface area contributed by atoms with Crippen LogP contribution in [0.15, 0.2) is 48.5 Å². The summed E-state index contributed by atoms with van der Waals surface area (Å²) in [6.45, 7) is 15.1.